The predicted octanol–water partition coefficient (Wildman–Crippen LogP) is 5.93. The Balaban J connectivity index is 1.50. The van der Waals surface area contributed by atoms with Crippen LogP contribution in [0.15, 0.2) is 82.2 Å². The maximum atomic E-state index is 13.1. The van der Waals surface area contributed by atoms with Crippen molar-refractivity contribution in [2.45, 2.75) is 17.7 Å². The molecule has 9 heteroatoms. The van der Waals surface area contributed by atoms with Gasteiger partial charge in [0.1, 0.15) is 5.75 Å². The number of piperidine rings is 1. The second-order valence-corrected chi connectivity index (χ2v) is 11.0. The van der Waals surface area contributed by atoms with Crippen molar-refractivity contribution in [2.75, 3.05) is 18.4 Å². The van der Waals surface area contributed by atoms with Crippen LogP contribution in [0.25, 0.3) is 0 Å². The number of hydrogen-bond acceptors (Lipinski definition) is 4. The SMILES string of the molecule is O=C(Nc1cc(Cl)ccc1Oc1ccccc1)[C@@H]1CCCN(S(=O)(=O)c2ccc(Br)cc2)C1. The Morgan fingerprint density at radius 3 is 2.52 bits per heavy atom. The molecule has 0 unspecified atom stereocenters. The number of nitrogens with one attached hydrogen (secondary N) is 1. The lowest BCUT2D eigenvalue weighted by Gasteiger charge is -2.31. The topological polar surface area (TPSA) is 75.7 Å². The lowest BCUT2D eigenvalue weighted by molar-refractivity contribution is -0.120. The molecule has 1 aliphatic heterocycles. The van der Waals surface area contributed by atoms with Gasteiger partial charge in [0.05, 0.1) is 16.5 Å². The average Bonchev–Trinajstić information content (AvgIpc) is 2.82. The van der Waals surface area contributed by atoms with Gasteiger partial charge in [0, 0.05) is 22.6 Å². The Hall–Kier alpha value is -2.39. The number of anilines is 1. The molecule has 1 atom stereocenters. The largest absolute Gasteiger partial charge is 0.455 e. The molecule has 0 spiro atoms. The van der Waals surface area contributed by atoms with Crippen LogP contribution in [0.5, 0.6) is 11.5 Å². The molecule has 3 aromatic carbocycles. The first-order valence-corrected chi connectivity index (χ1v) is 13.0. The predicted molar refractivity (Wildman–Crippen MR) is 132 cm³/mol. The van der Waals surface area contributed by atoms with Crippen molar-refractivity contribution in [2.24, 2.45) is 5.92 Å². The van der Waals surface area contributed by atoms with Crippen LogP contribution in [0.4, 0.5) is 5.69 Å². The number of carbonyl (C=O) groups excluding carboxylic acids is 1. The highest BCUT2D eigenvalue weighted by atomic mass is 79.9. The smallest absolute Gasteiger partial charge is 0.243 e. The standard InChI is InChI=1S/C24H22BrClN2O4S/c25-18-8-11-21(12-9-18)33(30,31)28-14-4-5-17(16-28)24(29)27-22-15-19(26)10-13-23(22)32-20-6-2-1-3-7-20/h1-3,6-13,15,17H,4-5,14,16H2,(H,27,29)/t17-/m1/s1. The molecule has 1 amide bonds. The van der Waals surface area contributed by atoms with Gasteiger partial charge < -0.3 is 10.1 Å². The molecule has 1 N–H and O–H groups in total. The van der Waals surface area contributed by atoms with E-state index in [0.29, 0.717) is 41.6 Å². The van der Waals surface area contributed by atoms with Crippen molar-refractivity contribution in [1.82, 2.24) is 4.31 Å². The lowest BCUT2D eigenvalue weighted by atomic mass is 9.98. The number of carbonyl (C=O) groups is 1. The minimum Gasteiger partial charge on any atom is -0.455 e. The molecule has 1 heterocycles. The molecule has 4 rings (SSSR count). The summed E-state index contributed by atoms with van der Waals surface area (Å²) in [6, 6.07) is 20.7. The summed E-state index contributed by atoms with van der Waals surface area (Å²) in [6.07, 6.45) is 1.18. The van der Waals surface area contributed by atoms with Gasteiger partial charge in [-0.05, 0) is 67.4 Å². The van der Waals surface area contributed by atoms with Gasteiger partial charge in [-0.3, -0.25) is 4.79 Å². The number of sulfonamides is 1. The van der Waals surface area contributed by atoms with Crippen LogP contribution < -0.4 is 10.1 Å². The Morgan fingerprint density at radius 1 is 1.06 bits per heavy atom. The van der Waals surface area contributed by atoms with Crippen molar-refractivity contribution in [3.63, 3.8) is 0 Å². The second kappa shape index (κ2) is 10.3. The summed E-state index contributed by atoms with van der Waals surface area (Å²) >= 11 is 9.47. The highest BCUT2D eigenvalue weighted by molar-refractivity contribution is 9.10. The number of ether oxygens (including phenoxy) is 1. The summed E-state index contributed by atoms with van der Waals surface area (Å²) in [4.78, 5) is 13.3. The van der Waals surface area contributed by atoms with Crippen molar-refractivity contribution < 1.29 is 17.9 Å². The molecule has 0 saturated carbocycles. The van der Waals surface area contributed by atoms with Gasteiger partial charge in [-0.25, -0.2) is 8.42 Å². The molecule has 0 aliphatic carbocycles. The summed E-state index contributed by atoms with van der Waals surface area (Å²) in [7, 11) is -3.69. The third-order valence-electron chi connectivity index (χ3n) is 5.38. The minimum absolute atomic E-state index is 0.111. The zero-order valence-corrected chi connectivity index (χ0v) is 20.7. The van der Waals surface area contributed by atoms with Crippen LogP contribution in [0.1, 0.15) is 12.8 Å². The van der Waals surface area contributed by atoms with E-state index in [1.54, 1.807) is 42.5 Å². The number of benzene rings is 3. The lowest BCUT2D eigenvalue weighted by Crippen LogP contribution is -2.43. The molecule has 1 saturated heterocycles. The molecule has 1 fully saturated rings. The molecular weight excluding hydrogens is 528 g/mol. The minimum atomic E-state index is -3.69. The monoisotopic (exact) mass is 548 g/mol. The van der Waals surface area contributed by atoms with E-state index >= 15 is 0 Å². The zero-order valence-electron chi connectivity index (χ0n) is 17.6. The van der Waals surface area contributed by atoms with E-state index in [4.69, 9.17) is 16.3 Å². The van der Waals surface area contributed by atoms with Gasteiger partial charge in [0.15, 0.2) is 5.75 Å². The first-order chi connectivity index (χ1) is 15.8. The van der Waals surface area contributed by atoms with Gasteiger partial charge in [-0.2, -0.15) is 4.31 Å². The molecule has 33 heavy (non-hydrogen) atoms. The van der Waals surface area contributed by atoms with Crippen LogP contribution >= 0.6 is 27.5 Å². The second-order valence-electron chi connectivity index (χ2n) is 7.70. The fourth-order valence-electron chi connectivity index (χ4n) is 3.67. The summed E-state index contributed by atoms with van der Waals surface area (Å²) in [5.74, 6) is 0.312. The van der Waals surface area contributed by atoms with Gasteiger partial charge in [0.25, 0.3) is 0 Å². The third-order valence-corrected chi connectivity index (χ3v) is 8.02. The maximum absolute atomic E-state index is 13.1. The Bertz CT molecular complexity index is 1240. The van der Waals surface area contributed by atoms with Crippen molar-refractivity contribution >= 4 is 49.1 Å². The maximum Gasteiger partial charge on any atom is 0.243 e. The summed E-state index contributed by atoms with van der Waals surface area (Å²) in [5, 5.41) is 3.34. The third kappa shape index (κ3) is 5.76. The summed E-state index contributed by atoms with van der Waals surface area (Å²) in [6.45, 7) is 0.487. The van der Waals surface area contributed by atoms with E-state index in [1.807, 2.05) is 30.3 Å². The van der Waals surface area contributed by atoms with Crippen LogP contribution in [0.2, 0.25) is 5.02 Å². The van der Waals surface area contributed by atoms with Crippen molar-refractivity contribution in [3.8, 4) is 11.5 Å². The van der Waals surface area contributed by atoms with Gasteiger partial charge in [0.2, 0.25) is 15.9 Å². The summed E-state index contributed by atoms with van der Waals surface area (Å²) in [5.41, 5.74) is 0.434. The van der Waals surface area contributed by atoms with Crippen molar-refractivity contribution in [3.05, 3.63) is 82.3 Å². The van der Waals surface area contributed by atoms with Gasteiger partial charge in [-0.1, -0.05) is 45.7 Å². The highest BCUT2D eigenvalue weighted by Crippen LogP contribution is 2.33. The Labute approximate surface area is 206 Å². The van der Waals surface area contributed by atoms with Crippen LogP contribution in [-0.2, 0) is 14.8 Å². The molecule has 3 aromatic rings. The molecule has 172 valence electrons. The van der Waals surface area contributed by atoms with Crippen LogP contribution in [0.3, 0.4) is 0 Å². The number of nitrogens with zero attached hydrogens (tertiary/aromatic N) is 1. The molecule has 6 nitrogen and oxygen atoms in total. The number of rotatable bonds is 6. The van der Waals surface area contributed by atoms with Gasteiger partial charge >= 0.3 is 0 Å². The number of para-hydroxylation sites is 1. The molecule has 0 bridgehead atoms. The quantitative estimate of drug-likeness (QED) is 0.413. The summed E-state index contributed by atoms with van der Waals surface area (Å²) < 4.78 is 34.2. The Morgan fingerprint density at radius 2 is 1.79 bits per heavy atom. The average molecular weight is 550 g/mol. The fraction of sp³-hybridized carbons (Fsp3) is 0.208. The molecular formula is C24H22BrClN2O4S. The van der Waals surface area contributed by atoms with E-state index in [2.05, 4.69) is 21.2 Å². The molecule has 0 aromatic heterocycles. The van der Waals surface area contributed by atoms with Gasteiger partial charge in [-0.15, -0.1) is 0 Å². The normalized spacial score (nSPS) is 16.8. The number of amides is 1. The molecule has 1 aliphatic rings. The fourth-order valence-corrected chi connectivity index (χ4v) is 5.63. The first-order valence-electron chi connectivity index (χ1n) is 10.4. The van der Waals surface area contributed by atoms with E-state index in [0.717, 1.165) is 4.47 Å². The van der Waals surface area contributed by atoms with E-state index in [9.17, 15) is 13.2 Å². The van der Waals surface area contributed by atoms with E-state index in [-0.39, 0.29) is 17.3 Å². The first kappa shape index (κ1) is 23.8. The molecule has 0 radical (unpaired) electrons. The van der Waals surface area contributed by atoms with E-state index in [1.165, 1.54) is 4.31 Å². The zero-order chi connectivity index (χ0) is 23.4. The Kier molecular flexibility index (Phi) is 7.38. The highest BCUT2D eigenvalue weighted by Gasteiger charge is 2.33. The number of hydrogen-bond donors (Lipinski definition) is 1. The van der Waals surface area contributed by atoms with E-state index < -0.39 is 15.9 Å². The van der Waals surface area contributed by atoms with Crippen LogP contribution in [0, 0.1) is 5.92 Å². The van der Waals surface area contributed by atoms with Crippen LogP contribution in [-0.4, -0.2) is 31.7 Å². The number of halogens is 2. The van der Waals surface area contributed by atoms with Crippen molar-refractivity contribution in [1.29, 1.82) is 0 Å².